The molecule has 1 aromatic carbocycles. The highest BCUT2D eigenvalue weighted by atomic mass is 35.5. The molecule has 1 aromatic rings. The Morgan fingerprint density at radius 2 is 2.12 bits per heavy atom. The Hall–Kier alpha value is -0.780. The molecule has 1 saturated heterocycles. The Bertz CT molecular complexity index is 558. The second-order valence-electron chi connectivity index (χ2n) is 6.31. The average molecular weight is 373 g/mol. The van der Waals surface area contributed by atoms with Gasteiger partial charge in [0.25, 0.3) is 0 Å². The summed E-state index contributed by atoms with van der Waals surface area (Å²) in [5.41, 5.74) is 4.05. The molecule has 0 saturated carbocycles. The van der Waals surface area contributed by atoms with Crippen molar-refractivity contribution >= 4 is 23.2 Å². The summed E-state index contributed by atoms with van der Waals surface area (Å²) < 4.78 is 0. The maximum atomic E-state index is 8.86. The van der Waals surface area contributed by atoms with E-state index in [1.165, 1.54) is 0 Å². The molecule has 3 rings (SSSR count). The monoisotopic (exact) mass is 372 g/mol. The number of hydrogen-bond donors (Lipinski definition) is 2. The summed E-state index contributed by atoms with van der Waals surface area (Å²) in [5, 5.41) is 10.0. The number of allylic oxidation sites excluding steroid dienone is 1. The van der Waals surface area contributed by atoms with Crippen LogP contribution in [0, 0.1) is 0 Å². The van der Waals surface area contributed by atoms with Crippen molar-refractivity contribution in [1.29, 1.82) is 0 Å². The zero-order valence-corrected chi connectivity index (χ0v) is 15.8. The van der Waals surface area contributed by atoms with Crippen LogP contribution in [0.5, 0.6) is 0 Å². The van der Waals surface area contributed by atoms with E-state index in [0.717, 1.165) is 50.1 Å². The molecule has 134 valence electrons. The highest BCUT2D eigenvalue weighted by Crippen LogP contribution is 2.29. The summed E-state index contributed by atoms with van der Waals surface area (Å²) in [5.74, 6) is 1.00. The number of nitrogens with one attached hydrogen (secondary N) is 1. The lowest BCUT2D eigenvalue weighted by Crippen LogP contribution is -2.15. The second-order valence-corrected chi connectivity index (χ2v) is 7.13. The third-order valence-corrected chi connectivity index (χ3v) is 4.85. The number of aliphatic hydroxyl groups is 1. The number of nitrogens with zero attached hydrogens (tertiary/aromatic N) is 1. The minimum Gasteiger partial charge on any atom is -0.413 e. The van der Waals surface area contributed by atoms with Crippen LogP contribution < -0.4 is 5.48 Å². The van der Waals surface area contributed by atoms with E-state index in [0.29, 0.717) is 10.0 Å². The van der Waals surface area contributed by atoms with Crippen LogP contribution in [-0.4, -0.2) is 36.2 Å². The Morgan fingerprint density at radius 3 is 2.67 bits per heavy atom. The molecule has 24 heavy (non-hydrogen) atoms. The molecule has 2 heterocycles. The number of benzene rings is 1. The van der Waals surface area contributed by atoms with E-state index in [4.69, 9.17) is 33.1 Å². The molecule has 6 heteroatoms. The Balaban J connectivity index is 0.000000249. The fourth-order valence-electron chi connectivity index (χ4n) is 2.66. The molecule has 2 aliphatic rings. The number of halogens is 2. The maximum absolute atomic E-state index is 8.86. The van der Waals surface area contributed by atoms with E-state index in [-0.39, 0.29) is 12.1 Å². The van der Waals surface area contributed by atoms with Gasteiger partial charge in [0, 0.05) is 19.5 Å². The Kier molecular flexibility index (Phi) is 7.85. The molecule has 0 radical (unpaired) electrons. The summed E-state index contributed by atoms with van der Waals surface area (Å²) in [6.07, 6.45) is 6.28. The lowest BCUT2D eigenvalue weighted by molar-refractivity contribution is 0.109. The molecule has 4 nitrogen and oxygen atoms in total. The molecule has 2 unspecified atom stereocenters. The minimum absolute atomic E-state index is 0.0509. The van der Waals surface area contributed by atoms with Gasteiger partial charge in [-0.15, -0.1) is 5.48 Å². The lowest BCUT2D eigenvalue weighted by atomic mass is 10.1. The summed E-state index contributed by atoms with van der Waals surface area (Å²) in [6.45, 7) is 4.08. The number of hydroxylamine groups is 1. The van der Waals surface area contributed by atoms with E-state index < -0.39 is 0 Å². The predicted molar refractivity (Wildman–Crippen MR) is 99.2 cm³/mol. The Morgan fingerprint density at radius 1 is 1.33 bits per heavy atom. The number of β-amino-alcohol motifs (C(OH)–C–C–N with tert-alkyl or cyclic N) is 1. The largest absolute Gasteiger partial charge is 0.413 e. The van der Waals surface area contributed by atoms with Gasteiger partial charge < -0.3 is 14.8 Å². The fourth-order valence-corrected chi connectivity index (χ4v) is 2.97. The quantitative estimate of drug-likeness (QED) is 0.825. The lowest BCUT2D eigenvalue weighted by Gasteiger charge is -2.08. The molecule has 0 spiro atoms. The summed E-state index contributed by atoms with van der Waals surface area (Å²) in [7, 11) is 2.02. The molecule has 1 fully saturated rings. The first kappa shape index (κ1) is 19.5. The number of unbranched alkanes of at least 4 members (excludes halogenated alkanes) is 1. The topological polar surface area (TPSA) is 44.7 Å². The van der Waals surface area contributed by atoms with E-state index in [1.807, 2.05) is 19.2 Å². The van der Waals surface area contributed by atoms with E-state index in [2.05, 4.69) is 23.4 Å². The van der Waals surface area contributed by atoms with E-state index >= 15 is 0 Å². The number of hydrogen-bond acceptors (Lipinski definition) is 4. The van der Waals surface area contributed by atoms with Crippen molar-refractivity contribution in [3.63, 3.8) is 0 Å². The number of rotatable bonds is 4. The van der Waals surface area contributed by atoms with Crippen LogP contribution in [0.2, 0.25) is 10.0 Å². The van der Waals surface area contributed by atoms with Crippen LogP contribution in [0.25, 0.3) is 0 Å². The van der Waals surface area contributed by atoms with Gasteiger partial charge in [0.1, 0.15) is 5.76 Å². The maximum Gasteiger partial charge on any atom is 0.122 e. The SMILES string of the molecule is CCCCC1=CC(c2ccc(Cl)c(Cl)c2)NO1.CN1CCC(O)C1. The van der Waals surface area contributed by atoms with Crippen LogP contribution in [0.15, 0.2) is 30.0 Å². The highest BCUT2D eigenvalue weighted by molar-refractivity contribution is 6.42. The zero-order chi connectivity index (χ0) is 17.5. The standard InChI is InChI=1S/C13H15Cl2NO.C5H11NO/c1-2-3-4-10-8-13(16-17-10)9-5-6-11(14)12(15)7-9;1-6-3-2-5(7)4-6/h5-8,13,16H,2-4H2,1H3;5,7H,2-4H2,1H3. The third kappa shape index (κ3) is 5.94. The van der Waals surface area contributed by atoms with Crippen molar-refractivity contribution in [2.75, 3.05) is 20.1 Å². The van der Waals surface area contributed by atoms with Crippen molar-refractivity contribution in [2.24, 2.45) is 0 Å². The molecule has 0 bridgehead atoms. The van der Waals surface area contributed by atoms with Crippen LogP contribution in [-0.2, 0) is 4.84 Å². The van der Waals surface area contributed by atoms with Gasteiger partial charge in [-0.3, -0.25) is 0 Å². The summed E-state index contributed by atoms with van der Waals surface area (Å²) >= 11 is 11.9. The Labute approximate surface area is 154 Å². The predicted octanol–water partition coefficient (Wildman–Crippen LogP) is 4.33. The first-order valence-electron chi connectivity index (χ1n) is 8.44. The van der Waals surface area contributed by atoms with Gasteiger partial charge in [-0.25, -0.2) is 0 Å². The molecule has 2 atom stereocenters. The average Bonchev–Trinajstić information content (AvgIpc) is 3.17. The van der Waals surface area contributed by atoms with Gasteiger partial charge in [-0.1, -0.05) is 42.6 Å². The van der Waals surface area contributed by atoms with Gasteiger partial charge in [0.15, 0.2) is 0 Å². The van der Waals surface area contributed by atoms with Crippen LogP contribution in [0.4, 0.5) is 0 Å². The van der Waals surface area contributed by atoms with Crippen molar-refractivity contribution < 1.29 is 9.94 Å². The molecule has 2 aliphatic heterocycles. The third-order valence-electron chi connectivity index (χ3n) is 4.12. The second kappa shape index (κ2) is 9.64. The normalized spacial score (nSPS) is 23.5. The van der Waals surface area contributed by atoms with Gasteiger partial charge in [0.05, 0.1) is 22.2 Å². The van der Waals surface area contributed by atoms with Crippen LogP contribution in [0.1, 0.15) is 44.2 Å². The molecule has 0 aliphatic carbocycles. The number of aliphatic hydroxyl groups excluding tert-OH is 1. The highest BCUT2D eigenvalue weighted by Gasteiger charge is 2.18. The smallest absolute Gasteiger partial charge is 0.122 e. The fraction of sp³-hybridized carbons (Fsp3) is 0.556. The first-order chi connectivity index (χ1) is 11.5. The van der Waals surface area contributed by atoms with Crippen molar-refractivity contribution in [1.82, 2.24) is 10.4 Å². The van der Waals surface area contributed by atoms with Gasteiger partial charge >= 0.3 is 0 Å². The van der Waals surface area contributed by atoms with Gasteiger partial charge in [0.2, 0.25) is 0 Å². The molecule has 2 N–H and O–H groups in total. The summed E-state index contributed by atoms with van der Waals surface area (Å²) in [6, 6.07) is 5.69. The first-order valence-corrected chi connectivity index (χ1v) is 9.19. The van der Waals surface area contributed by atoms with Crippen molar-refractivity contribution in [3.05, 3.63) is 45.6 Å². The van der Waals surface area contributed by atoms with Gasteiger partial charge in [-0.05, 0) is 43.7 Å². The van der Waals surface area contributed by atoms with Crippen molar-refractivity contribution in [3.8, 4) is 0 Å². The molecular weight excluding hydrogens is 347 g/mol. The molecule has 0 aromatic heterocycles. The molecule has 0 amide bonds. The van der Waals surface area contributed by atoms with Crippen LogP contribution >= 0.6 is 23.2 Å². The van der Waals surface area contributed by atoms with Gasteiger partial charge in [-0.2, -0.15) is 0 Å². The van der Waals surface area contributed by atoms with Crippen LogP contribution in [0.3, 0.4) is 0 Å². The number of likely N-dealkylation sites (N-methyl/N-ethyl adjacent to an activating group) is 1. The minimum atomic E-state index is -0.0509. The zero-order valence-electron chi connectivity index (χ0n) is 14.3. The summed E-state index contributed by atoms with van der Waals surface area (Å²) in [4.78, 5) is 7.56. The van der Waals surface area contributed by atoms with Crippen molar-refractivity contribution in [2.45, 2.75) is 44.8 Å². The molecular formula is C18H26Cl2N2O2. The van der Waals surface area contributed by atoms with E-state index in [9.17, 15) is 0 Å². The van der Waals surface area contributed by atoms with E-state index in [1.54, 1.807) is 6.07 Å². The number of likely N-dealkylation sites (tertiary alicyclic amines) is 1.